The monoisotopic (exact) mass is 693 g/mol. The summed E-state index contributed by atoms with van der Waals surface area (Å²) >= 11 is 0. The lowest BCUT2D eigenvalue weighted by molar-refractivity contribution is -0.127. The van der Waals surface area contributed by atoms with E-state index in [1.54, 1.807) is 30.5 Å². The number of hydrogen-bond donors (Lipinski definition) is 4. The molecule has 0 saturated heterocycles. The molecule has 1 aliphatic rings. The molecule has 5 aromatic rings. The van der Waals surface area contributed by atoms with Crippen molar-refractivity contribution in [2.75, 3.05) is 11.4 Å². The molecule has 0 spiro atoms. The van der Waals surface area contributed by atoms with Gasteiger partial charge < -0.3 is 15.8 Å². The number of alkyl carbamates (subject to hydrolysis) is 1. The molecule has 0 radical (unpaired) electrons. The molecule has 0 unspecified atom stereocenters. The number of nitrogens with zero attached hydrogens (tertiary/aromatic N) is 3. The molecule has 0 aliphatic heterocycles. The number of nitrogens with one attached hydrogen (secondary N) is 3. The molecule has 6 rings (SSSR count). The van der Waals surface area contributed by atoms with Crippen LogP contribution in [0.1, 0.15) is 57.6 Å². The van der Waals surface area contributed by atoms with Crippen LogP contribution in [0.4, 0.5) is 10.5 Å². The number of ether oxygens (including phenoxy) is 1. The van der Waals surface area contributed by atoms with Crippen LogP contribution < -0.4 is 21.7 Å². The van der Waals surface area contributed by atoms with Crippen molar-refractivity contribution in [2.45, 2.75) is 71.4 Å². The van der Waals surface area contributed by atoms with Crippen LogP contribution in [-0.2, 0) is 20.7 Å². The standard InChI is InChI=1S/C38H43N7O6/c1-22-8-17-30-29(21-41-43-30)32(22)27-7-5-6-24(18-27)19-31(33(39)46)45(28-15-13-25(14-16-28)34-42-37(49)51-44-34)35(47)26-11-9-23(10-12-26)20-40-36(48)50-38(2,3)4/h5-8,13-18,21,23,26,31H,9-12,19-20H2,1-4H3,(H2,39,46)(H,40,48)(H,41,43)(H,42,44,49)/t23-,26-,31-/m0/s1. The summed E-state index contributed by atoms with van der Waals surface area (Å²) < 4.78 is 10.0. The van der Waals surface area contributed by atoms with E-state index in [1.807, 2.05) is 64.1 Å². The highest BCUT2D eigenvalue weighted by Gasteiger charge is 2.36. The van der Waals surface area contributed by atoms with Crippen LogP contribution in [0.3, 0.4) is 0 Å². The van der Waals surface area contributed by atoms with E-state index in [-0.39, 0.29) is 30.0 Å². The first-order valence-electron chi connectivity index (χ1n) is 17.1. The quantitative estimate of drug-likeness (QED) is 0.144. The van der Waals surface area contributed by atoms with Crippen LogP contribution in [0.2, 0.25) is 0 Å². The first kappa shape index (κ1) is 35.1. The van der Waals surface area contributed by atoms with Crippen LogP contribution in [0, 0.1) is 18.8 Å². The predicted octanol–water partition coefficient (Wildman–Crippen LogP) is 5.64. The Hall–Kier alpha value is -5.72. The summed E-state index contributed by atoms with van der Waals surface area (Å²) in [5.41, 5.74) is 11.4. The molecule has 1 fully saturated rings. The number of rotatable bonds is 10. The second kappa shape index (κ2) is 14.6. The lowest BCUT2D eigenvalue weighted by Gasteiger charge is -2.36. The molecule has 0 bridgehead atoms. The lowest BCUT2D eigenvalue weighted by Crippen LogP contribution is -2.52. The highest BCUT2D eigenvalue weighted by atomic mass is 16.6. The van der Waals surface area contributed by atoms with Crippen LogP contribution in [0.5, 0.6) is 0 Å². The number of carbonyl (C=O) groups is 3. The number of aromatic nitrogens is 4. The molecule has 13 nitrogen and oxygen atoms in total. The second-order valence-corrected chi connectivity index (χ2v) is 14.2. The van der Waals surface area contributed by atoms with Gasteiger partial charge in [-0.15, -0.1) is 0 Å². The number of amides is 3. The van der Waals surface area contributed by atoms with Crippen molar-refractivity contribution in [2.24, 2.45) is 17.6 Å². The fourth-order valence-corrected chi connectivity index (χ4v) is 6.85. The number of hydrogen-bond acceptors (Lipinski definition) is 8. The summed E-state index contributed by atoms with van der Waals surface area (Å²) in [7, 11) is 0. The van der Waals surface area contributed by atoms with Gasteiger partial charge in [0.25, 0.3) is 0 Å². The maximum Gasteiger partial charge on any atom is 0.439 e. The third-order valence-electron chi connectivity index (χ3n) is 9.34. The zero-order valence-corrected chi connectivity index (χ0v) is 29.2. The minimum atomic E-state index is -0.997. The minimum Gasteiger partial charge on any atom is -0.444 e. The largest absolute Gasteiger partial charge is 0.444 e. The Morgan fingerprint density at radius 2 is 1.78 bits per heavy atom. The highest BCUT2D eigenvalue weighted by molar-refractivity contribution is 6.02. The summed E-state index contributed by atoms with van der Waals surface area (Å²) in [5.74, 6) is -1.44. The molecule has 13 heteroatoms. The summed E-state index contributed by atoms with van der Waals surface area (Å²) in [6.07, 6.45) is 4.14. The number of fused-ring (bicyclic) bond motifs is 1. The van der Waals surface area contributed by atoms with Crippen molar-refractivity contribution in [1.82, 2.24) is 25.7 Å². The van der Waals surface area contributed by atoms with Crippen LogP contribution in [0.15, 0.2) is 76.2 Å². The average Bonchev–Trinajstić information content (AvgIpc) is 3.76. The van der Waals surface area contributed by atoms with E-state index < -0.39 is 29.4 Å². The van der Waals surface area contributed by atoms with Gasteiger partial charge in [-0.3, -0.25) is 29.1 Å². The summed E-state index contributed by atoms with van der Waals surface area (Å²) in [5, 5.41) is 14.8. The number of anilines is 1. The van der Waals surface area contributed by atoms with Gasteiger partial charge in [-0.1, -0.05) is 35.5 Å². The van der Waals surface area contributed by atoms with E-state index in [9.17, 15) is 19.2 Å². The molecule has 1 saturated carbocycles. The maximum absolute atomic E-state index is 14.5. The number of nitrogens with two attached hydrogens (primary N) is 1. The average molecular weight is 694 g/mol. The summed E-state index contributed by atoms with van der Waals surface area (Å²) in [6, 6.07) is 17.8. The van der Waals surface area contributed by atoms with E-state index in [0.29, 0.717) is 30.6 Å². The molecule has 2 aromatic heterocycles. The second-order valence-electron chi connectivity index (χ2n) is 14.2. The van der Waals surface area contributed by atoms with Crippen molar-refractivity contribution in [3.8, 4) is 22.5 Å². The van der Waals surface area contributed by atoms with Crippen LogP contribution in [0.25, 0.3) is 33.4 Å². The normalized spacial score (nSPS) is 16.8. The third kappa shape index (κ3) is 8.19. The van der Waals surface area contributed by atoms with Gasteiger partial charge in [0.2, 0.25) is 11.8 Å². The number of aryl methyl sites for hydroxylation is 1. The Morgan fingerprint density at radius 3 is 2.45 bits per heavy atom. The van der Waals surface area contributed by atoms with Gasteiger partial charge in [0, 0.05) is 35.5 Å². The Balaban J connectivity index is 1.27. The van der Waals surface area contributed by atoms with Crippen LogP contribution >= 0.6 is 0 Å². The Morgan fingerprint density at radius 1 is 1.04 bits per heavy atom. The summed E-state index contributed by atoms with van der Waals surface area (Å²) in [4.78, 5) is 55.7. The number of carbonyl (C=O) groups excluding carboxylic acids is 3. The number of aromatic amines is 2. The van der Waals surface area contributed by atoms with Gasteiger partial charge >= 0.3 is 11.8 Å². The van der Waals surface area contributed by atoms with Gasteiger partial charge in [-0.2, -0.15) is 5.10 Å². The Labute approximate surface area is 294 Å². The Kier molecular flexibility index (Phi) is 10.1. The minimum absolute atomic E-state index is 0.183. The van der Waals surface area contributed by atoms with Gasteiger partial charge in [-0.25, -0.2) is 9.59 Å². The molecule has 1 aliphatic carbocycles. The van der Waals surface area contributed by atoms with Crippen molar-refractivity contribution in [3.05, 3.63) is 88.5 Å². The maximum atomic E-state index is 14.5. The predicted molar refractivity (Wildman–Crippen MR) is 193 cm³/mol. The van der Waals surface area contributed by atoms with Crippen LogP contribution in [-0.4, -0.2) is 56.4 Å². The number of primary amides is 1. The van der Waals surface area contributed by atoms with Crippen molar-refractivity contribution < 1.29 is 23.6 Å². The smallest absolute Gasteiger partial charge is 0.439 e. The molecule has 5 N–H and O–H groups in total. The molecular weight excluding hydrogens is 650 g/mol. The first-order valence-corrected chi connectivity index (χ1v) is 17.1. The molecule has 1 atom stereocenters. The molecule has 266 valence electrons. The lowest BCUT2D eigenvalue weighted by atomic mass is 9.81. The zero-order chi connectivity index (χ0) is 36.3. The first-order chi connectivity index (χ1) is 24.4. The topological polar surface area (TPSA) is 189 Å². The van der Waals surface area contributed by atoms with Gasteiger partial charge in [0.05, 0.1) is 11.7 Å². The van der Waals surface area contributed by atoms with Gasteiger partial charge in [0.1, 0.15) is 11.6 Å². The van der Waals surface area contributed by atoms with E-state index in [1.165, 1.54) is 4.90 Å². The fraction of sp³-hybridized carbons (Fsp3) is 0.368. The SMILES string of the molecule is Cc1ccc2[nH]ncc2c1-c1cccc(C[C@@H](C(N)=O)N(c2ccc(-c3noc(=O)[nH]3)cc2)C(=O)[C@H]2CC[C@H](CNC(=O)OC(C)(C)C)CC2)c1. The van der Waals surface area contributed by atoms with E-state index in [4.69, 9.17) is 10.5 Å². The zero-order valence-electron chi connectivity index (χ0n) is 29.2. The number of H-pyrrole nitrogens is 2. The molecular formula is C38H43N7O6. The fourth-order valence-electron chi connectivity index (χ4n) is 6.85. The van der Waals surface area contributed by atoms with Gasteiger partial charge in [-0.05, 0) is 112 Å². The summed E-state index contributed by atoms with van der Waals surface area (Å²) in [6.45, 7) is 7.95. The third-order valence-corrected chi connectivity index (χ3v) is 9.34. The number of benzene rings is 3. The van der Waals surface area contributed by atoms with E-state index in [0.717, 1.165) is 46.0 Å². The highest BCUT2D eigenvalue weighted by Crippen LogP contribution is 2.35. The van der Waals surface area contributed by atoms with Crippen molar-refractivity contribution >= 4 is 34.5 Å². The Bertz CT molecular complexity index is 2080. The van der Waals surface area contributed by atoms with Crippen molar-refractivity contribution in [3.63, 3.8) is 0 Å². The van der Waals surface area contributed by atoms with E-state index >= 15 is 0 Å². The molecule has 51 heavy (non-hydrogen) atoms. The van der Waals surface area contributed by atoms with E-state index in [2.05, 4.69) is 30.2 Å². The van der Waals surface area contributed by atoms with Crippen molar-refractivity contribution in [1.29, 1.82) is 0 Å². The van der Waals surface area contributed by atoms with Gasteiger partial charge in [0.15, 0.2) is 5.82 Å². The molecule has 3 amide bonds. The molecule has 3 aromatic carbocycles. The molecule has 2 heterocycles.